The van der Waals surface area contributed by atoms with Gasteiger partial charge >= 0.3 is 11.6 Å². The fourth-order valence-corrected chi connectivity index (χ4v) is 2.97. The van der Waals surface area contributed by atoms with Gasteiger partial charge in [-0.3, -0.25) is 0 Å². The number of benzene rings is 3. The summed E-state index contributed by atoms with van der Waals surface area (Å²) in [6, 6.07) is 19.2. The van der Waals surface area contributed by atoms with Crippen LogP contribution in [0.25, 0.3) is 21.7 Å². The second kappa shape index (κ2) is 6.37. The Bertz CT molecular complexity index is 1190. The molecular weight excluding hydrogens is 332 g/mol. The maximum absolute atomic E-state index is 12.1. The molecule has 1 N–H and O–H groups in total. The number of carboxylic acid groups (broad SMARTS) is 1. The Kier molecular flexibility index (Phi) is 3.89. The number of carboxylic acids is 1. The maximum Gasteiger partial charge on any atom is 0.344 e. The van der Waals surface area contributed by atoms with Crippen LogP contribution < -0.4 is 10.4 Å². The summed E-state index contributed by atoms with van der Waals surface area (Å²) >= 11 is 0. The molecule has 4 aromatic rings. The second-order valence-corrected chi connectivity index (χ2v) is 5.84. The average Bonchev–Trinajstić information content (AvgIpc) is 2.66. The smallest absolute Gasteiger partial charge is 0.344 e. The topological polar surface area (TPSA) is 76.7 Å². The van der Waals surface area contributed by atoms with E-state index in [0.717, 1.165) is 10.8 Å². The number of carbonyl (C=O) groups is 1. The summed E-state index contributed by atoms with van der Waals surface area (Å²) in [6.45, 7) is 0.103. The third kappa shape index (κ3) is 2.80. The Hall–Kier alpha value is -3.60. The lowest BCUT2D eigenvalue weighted by atomic mass is 10.1. The van der Waals surface area contributed by atoms with Crippen LogP contribution in [0.15, 0.2) is 75.9 Å². The van der Waals surface area contributed by atoms with Crippen molar-refractivity contribution in [1.82, 2.24) is 0 Å². The quantitative estimate of drug-likeness (QED) is 0.442. The minimum Gasteiger partial charge on any atom is -0.489 e. The highest BCUT2D eigenvalue weighted by molar-refractivity contribution is 6.04. The summed E-state index contributed by atoms with van der Waals surface area (Å²) in [5, 5.41) is 11.4. The normalized spacial score (nSPS) is 10.9. The van der Waals surface area contributed by atoms with Gasteiger partial charge in [0.25, 0.3) is 0 Å². The van der Waals surface area contributed by atoms with Crippen LogP contribution in [0.3, 0.4) is 0 Å². The van der Waals surface area contributed by atoms with Gasteiger partial charge in [-0.2, -0.15) is 0 Å². The summed E-state index contributed by atoms with van der Waals surface area (Å²) in [5.41, 5.74) is 0.796. The van der Waals surface area contributed by atoms with Crippen molar-refractivity contribution in [3.63, 3.8) is 0 Å². The molecule has 0 bridgehead atoms. The van der Waals surface area contributed by atoms with Crippen LogP contribution in [-0.2, 0) is 6.61 Å². The van der Waals surface area contributed by atoms with E-state index in [9.17, 15) is 14.7 Å². The summed E-state index contributed by atoms with van der Waals surface area (Å²) < 4.78 is 11.1. The van der Waals surface area contributed by atoms with Crippen LogP contribution >= 0.6 is 0 Å². The maximum atomic E-state index is 12.1. The Morgan fingerprint density at radius 3 is 2.46 bits per heavy atom. The minimum absolute atomic E-state index is 0.103. The first kappa shape index (κ1) is 15.9. The molecule has 0 radical (unpaired) electrons. The SMILES string of the molecule is O=C(O)c1ccccc1COc1ccc2c(c1)oc(=O)c1ccccc12. The van der Waals surface area contributed by atoms with Gasteiger partial charge in [0.1, 0.15) is 17.9 Å². The van der Waals surface area contributed by atoms with Gasteiger partial charge in [-0.05, 0) is 29.7 Å². The molecule has 0 aliphatic carbocycles. The van der Waals surface area contributed by atoms with E-state index in [4.69, 9.17) is 9.15 Å². The van der Waals surface area contributed by atoms with Crippen molar-refractivity contribution in [3.05, 3.63) is 88.3 Å². The third-order valence-electron chi connectivity index (χ3n) is 4.23. The van der Waals surface area contributed by atoms with Crippen LogP contribution in [0.1, 0.15) is 15.9 Å². The zero-order valence-electron chi connectivity index (χ0n) is 13.6. The van der Waals surface area contributed by atoms with Crippen LogP contribution in [0.2, 0.25) is 0 Å². The van der Waals surface area contributed by atoms with Gasteiger partial charge < -0.3 is 14.3 Å². The van der Waals surface area contributed by atoms with Crippen LogP contribution in [-0.4, -0.2) is 11.1 Å². The van der Waals surface area contributed by atoms with Crippen molar-refractivity contribution in [3.8, 4) is 5.75 Å². The van der Waals surface area contributed by atoms with E-state index in [2.05, 4.69) is 0 Å². The molecule has 0 aliphatic rings. The summed E-state index contributed by atoms with van der Waals surface area (Å²) in [4.78, 5) is 23.4. The summed E-state index contributed by atoms with van der Waals surface area (Å²) in [6.07, 6.45) is 0. The van der Waals surface area contributed by atoms with Gasteiger partial charge in [0.2, 0.25) is 0 Å². The molecule has 3 aromatic carbocycles. The fourth-order valence-electron chi connectivity index (χ4n) is 2.97. The molecule has 26 heavy (non-hydrogen) atoms. The van der Waals surface area contributed by atoms with Gasteiger partial charge in [0, 0.05) is 17.0 Å². The number of hydrogen-bond donors (Lipinski definition) is 1. The molecule has 0 amide bonds. The highest BCUT2D eigenvalue weighted by Gasteiger charge is 2.11. The van der Waals surface area contributed by atoms with Crippen LogP contribution in [0, 0.1) is 0 Å². The van der Waals surface area contributed by atoms with Crippen molar-refractivity contribution >= 4 is 27.7 Å². The molecule has 5 nitrogen and oxygen atoms in total. The van der Waals surface area contributed by atoms with Crippen molar-refractivity contribution in [2.45, 2.75) is 6.61 Å². The van der Waals surface area contributed by atoms with E-state index in [1.54, 1.807) is 42.5 Å². The zero-order valence-corrected chi connectivity index (χ0v) is 13.6. The predicted molar refractivity (Wildman–Crippen MR) is 97.7 cm³/mol. The molecular formula is C21H14O5. The number of hydrogen-bond acceptors (Lipinski definition) is 4. The molecule has 0 fully saturated rings. The molecule has 0 saturated heterocycles. The van der Waals surface area contributed by atoms with Crippen molar-refractivity contribution in [2.24, 2.45) is 0 Å². The van der Waals surface area contributed by atoms with E-state index in [1.165, 1.54) is 6.07 Å². The summed E-state index contributed by atoms with van der Waals surface area (Å²) in [5.74, 6) is -0.503. The van der Waals surface area contributed by atoms with Gasteiger partial charge in [0.05, 0.1) is 10.9 Å². The van der Waals surface area contributed by atoms with Gasteiger partial charge in [-0.1, -0.05) is 36.4 Å². The standard InChI is InChI=1S/C21H14O5/c22-20(23)15-6-2-1-5-13(15)12-25-14-9-10-17-16-7-3-4-8-18(16)21(24)26-19(17)11-14/h1-11H,12H2,(H,22,23). The molecule has 0 aliphatic heterocycles. The number of rotatable bonds is 4. The summed E-state index contributed by atoms with van der Waals surface area (Å²) in [7, 11) is 0. The molecule has 0 saturated carbocycles. The third-order valence-corrected chi connectivity index (χ3v) is 4.23. The van der Waals surface area contributed by atoms with Gasteiger partial charge in [-0.25, -0.2) is 9.59 Å². The van der Waals surface area contributed by atoms with E-state index < -0.39 is 11.6 Å². The predicted octanol–water partition coefficient (Wildman–Crippen LogP) is 4.22. The van der Waals surface area contributed by atoms with E-state index in [-0.39, 0.29) is 12.2 Å². The first-order chi connectivity index (χ1) is 12.6. The lowest BCUT2D eigenvalue weighted by molar-refractivity contribution is 0.0694. The zero-order chi connectivity index (χ0) is 18.1. The molecule has 0 atom stereocenters. The van der Waals surface area contributed by atoms with Crippen molar-refractivity contribution < 1.29 is 19.1 Å². The molecule has 1 heterocycles. The highest BCUT2D eigenvalue weighted by Crippen LogP contribution is 2.26. The second-order valence-electron chi connectivity index (χ2n) is 5.84. The average molecular weight is 346 g/mol. The molecule has 4 rings (SSSR count). The van der Waals surface area contributed by atoms with E-state index in [0.29, 0.717) is 22.3 Å². The monoisotopic (exact) mass is 346 g/mol. The first-order valence-electron chi connectivity index (χ1n) is 8.03. The van der Waals surface area contributed by atoms with E-state index >= 15 is 0 Å². The minimum atomic E-state index is -1.000. The lowest BCUT2D eigenvalue weighted by Gasteiger charge is -2.10. The molecule has 5 heteroatoms. The van der Waals surface area contributed by atoms with Gasteiger partial charge in [-0.15, -0.1) is 0 Å². The molecule has 1 aromatic heterocycles. The molecule has 128 valence electrons. The molecule has 0 spiro atoms. The van der Waals surface area contributed by atoms with Crippen LogP contribution in [0.5, 0.6) is 5.75 Å². The Labute approximate surface area is 148 Å². The van der Waals surface area contributed by atoms with Gasteiger partial charge in [0.15, 0.2) is 0 Å². The number of ether oxygens (including phenoxy) is 1. The van der Waals surface area contributed by atoms with Crippen molar-refractivity contribution in [1.29, 1.82) is 0 Å². The van der Waals surface area contributed by atoms with Crippen molar-refractivity contribution in [2.75, 3.05) is 0 Å². The highest BCUT2D eigenvalue weighted by atomic mass is 16.5. The first-order valence-corrected chi connectivity index (χ1v) is 8.03. The Balaban J connectivity index is 1.70. The largest absolute Gasteiger partial charge is 0.489 e. The van der Waals surface area contributed by atoms with E-state index in [1.807, 2.05) is 18.2 Å². The Morgan fingerprint density at radius 1 is 0.923 bits per heavy atom. The van der Waals surface area contributed by atoms with Crippen LogP contribution in [0.4, 0.5) is 0 Å². The lowest BCUT2D eigenvalue weighted by Crippen LogP contribution is -2.05. The fraction of sp³-hybridized carbons (Fsp3) is 0.0476. The Morgan fingerprint density at radius 2 is 1.65 bits per heavy atom. The number of aromatic carboxylic acids is 1. The molecule has 0 unspecified atom stereocenters. The number of fused-ring (bicyclic) bond motifs is 3.